The van der Waals surface area contributed by atoms with Gasteiger partial charge in [-0.05, 0) is 0 Å². The second-order valence-corrected chi connectivity index (χ2v) is 1.72. The van der Waals surface area contributed by atoms with E-state index in [1.165, 1.54) is 0 Å². The molecule has 0 heterocycles. The first kappa shape index (κ1) is 31.5. The Labute approximate surface area is 167 Å². The van der Waals surface area contributed by atoms with Crippen molar-refractivity contribution < 1.29 is 133 Å². The fourth-order valence-corrected chi connectivity index (χ4v) is 0. The number of aliphatic carboxylic acids is 6. The third kappa shape index (κ3) is 36.0. The molecule has 0 aliphatic heterocycles. The van der Waals surface area contributed by atoms with Gasteiger partial charge < -0.3 is 59.4 Å². The molecule has 20 heavy (non-hydrogen) atoms. The monoisotopic (exact) mass is 396 g/mol. The van der Waals surface area contributed by atoms with Gasteiger partial charge in [-0.1, -0.05) is 0 Å². The molecule has 0 aromatic carbocycles. The molecule has 0 spiro atoms. The Kier molecular flexibility index (Phi) is 28.7. The number of carboxylic acids is 6. The summed E-state index contributed by atoms with van der Waals surface area (Å²) < 4.78 is 0. The number of rotatable bonds is 0. The van der Waals surface area contributed by atoms with E-state index in [0.717, 1.165) is 0 Å². The van der Waals surface area contributed by atoms with Crippen LogP contribution in [-0.2, 0) is 51.1 Å². The average molecular weight is 396 g/mol. The van der Waals surface area contributed by atoms with E-state index in [1.54, 1.807) is 0 Å². The predicted molar refractivity (Wildman–Crippen MR) is 30.0 cm³/mol. The average Bonchev–Trinajstić information content (AvgIpc) is 2.18. The minimum Gasteiger partial charge on any atom is -0.543 e. The van der Waals surface area contributed by atoms with E-state index in [9.17, 15) is 0 Å². The molecule has 0 bridgehead atoms. The van der Waals surface area contributed by atoms with Gasteiger partial charge in [0.05, 0.1) is 35.8 Å². The molecule has 0 unspecified atom stereocenters. The standard InChI is InChI=1S/3C2H2O4.K.Nb/c3*3-1(4)2(5)6;;/h3*(H,3,4)(H,5,6);;/q;;;+1;+5/p-6. The van der Waals surface area contributed by atoms with Gasteiger partial charge in [0.1, 0.15) is 0 Å². The zero-order valence-corrected chi connectivity index (χ0v) is 14.7. The number of carboxylic acid groups (broad SMARTS) is 6. The molecule has 0 rings (SSSR count). The fourth-order valence-electron chi connectivity index (χ4n) is 0. The second kappa shape index (κ2) is 18.2. The Morgan fingerprint density at radius 2 is 0.450 bits per heavy atom. The maximum absolute atomic E-state index is 8.93. The van der Waals surface area contributed by atoms with E-state index in [4.69, 9.17) is 59.4 Å². The molecular formula is C6KNbO12. The van der Waals surface area contributed by atoms with Crippen LogP contribution in [0.25, 0.3) is 0 Å². The molecule has 0 aromatic heterocycles. The van der Waals surface area contributed by atoms with Crippen molar-refractivity contribution in [3.63, 3.8) is 0 Å². The molecule has 0 radical (unpaired) electrons. The minimum absolute atomic E-state index is 0. The summed E-state index contributed by atoms with van der Waals surface area (Å²) >= 11 is 0. The summed E-state index contributed by atoms with van der Waals surface area (Å²) in [6, 6.07) is 0. The van der Waals surface area contributed by atoms with E-state index in [-0.39, 0.29) is 73.8 Å². The van der Waals surface area contributed by atoms with Crippen molar-refractivity contribution in [1.29, 1.82) is 0 Å². The quantitative estimate of drug-likeness (QED) is 0.274. The van der Waals surface area contributed by atoms with Crippen LogP contribution < -0.4 is 82.0 Å². The SMILES string of the molecule is O=C([O-])C(=O)[O-].O=C([O-])C(=O)[O-].O=C([O-])C(=O)[O-].[K+].[Nb+5]. The first-order valence-corrected chi connectivity index (χ1v) is 3.20. The number of hydrogen-bond donors (Lipinski definition) is 0. The summed E-state index contributed by atoms with van der Waals surface area (Å²) in [7, 11) is 0. The van der Waals surface area contributed by atoms with Crippen LogP contribution in [0.5, 0.6) is 0 Å². The van der Waals surface area contributed by atoms with Crippen LogP contribution in [0.15, 0.2) is 0 Å². The van der Waals surface area contributed by atoms with Gasteiger partial charge in [0.25, 0.3) is 0 Å². The van der Waals surface area contributed by atoms with Crippen LogP contribution >= 0.6 is 0 Å². The fraction of sp³-hybridized carbons (Fsp3) is 0. The normalized spacial score (nSPS) is 6.60. The van der Waals surface area contributed by atoms with Crippen molar-refractivity contribution in [2.75, 3.05) is 0 Å². The van der Waals surface area contributed by atoms with Crippen molar-refractivity contribution in [2.45, 2.75) is 0 Å². The van der Waals surface area contributed by atoms with E-state index < -0.39 is 35.8 Å². The van der Waals surface area contributed by atoms with Crippen LogP contribution in [-0.4, -0.2) is 35.8 Å². The number of carbonyl (C=O) groups excluding carboxylic acids is 6. The van der Waals surface area contributed by atoms with Crippen LogP contribution in [0.1, 0.15) is 0 Å². The molecule has 0 aliphatic rings. The summed E-state index contributed by atoms with van der Waals surface area (Å²) in [5.74, 6) is -13.1. The summed E-state index contributed by atoms with van der Waals surface area (Å²) in [6.45, 7) is 0. The zero-order valence-electron chi connectivity index (χ0n) is 9.35. The van der Waals surface area contributed by atoms with Crippen molar-refractivity contribution in [1.82, 2.24) is 0 Å². The largest absolute Gasteiger partial charge is 5.00 e. The predicted octanol–water partition coefficient (Wildman–Crippen LogP) is -13.5. The third-order valence-corrected chi connectivity index (χ3v) is 0.500. The van der Waals surface area contributed by atoms with Gasteiger partial charge in [0.15, 0.2) is 0 Å². The Morgan fingerprint density at radius 3 is 0.450 bits per heavy atom. The molecule has 0 atom stereocenters. The molecule has 12 nitrogen and oxygen atoms in total. The summed E-state index contributed by atoms with van der Waals surface area (Å²) in [5, 5.41) is 53.6. The van der Waals surface area contributed by atoms with Crippen LogP contribution in [0.2, 0.25) is 0 Å². The van der Waals surface area contributed by atoms with Crippen LogP contribution in [0, 0.1) is 0 Å². The van der Waals surface area contributed by atoms with E-state index in [1.807, 2.05) is 0 Å². The second-order valence-electron chi connectivity index (χ2n) is 1.72. The van der Waals surface area contributed by atoms with Gasteiger partial charge in [-0.2, -0.15) is 0 Å². The van der Waals surface area contributed by atoms with Gasteiger partial charge in [0.2, 0.25) is 0 Å². The minimum atomic E-state index is -2.19. The maximum atomic E-state index is 8.93. The van der Waals surface area contributed by atoms with E-state index >= 15 is 0 Å². The first-order chi connectivity index (χ1) is 7.93. The summed E-state index contributed by atoms with van der Waals surface area (Å²) in [4.78, 5) is 53.6. The molecule has 0 aliphatic carbocycles. The molecule has 0 fully saturated rings. The first-order valence-electron chi connectivity index (χ1n) is 3.20. The van der Waals surface area contributed by atoms with Crippen molar-refractivity contribution in [2.24, 2.45) is 0 Å². The number of hydrogen-bond acceptors (Lipinski definition) is 12. The Balaban J connectivity index is -0.0000000536. The Hall–Kier alpha value is -0.803. The molecule has 14 heteroatoms. The van der Waals surface area contributed by atoms with Gasteiger partial charge in [-0.3, -0.25) is 0 Å². The molecule has 0 N–H and O–H groups in total. The van der Waals surface area contributed by atoms with Crippen LogP contribution in [0.4, 0.5) is 0 Å². The molecule has 0 saturated heterocycles. The van der Waals surface area contributed by atoms with E-state index in [2.05, 4.69) is 0 Å². The van der Waals surface area contributed by atoms with Gasteiger partial charge in [-0.15, -0.1) is 0 Å². The van der Waals surface area contributed by atoms with Gasteiger partial charge in [-0.25, -0.2) is 0 Å². The molecule has 0 aromatic rings. The van der Waals surface area contributed by atoms with Gasteiger partial charge >= 0.3 is 73.8 Å². The zero-order chi connectivity index (χ0) is 15.5. The number of carbonyl (C=O) groups is 6. The third-order valence-electron chi connectivity index (χ3n) is 0.500. The van der Waals surface area contributed by atoms with Crippen molar-refractivity contribution in [3.05, 3.63) is 0 Å². The summed E-state index contributed by atoms with van der Waals surface area (Å²) in [6.07, 6.45) is 0. The topological polar surface area (TPSA) is 241 Å². The molecule has 0 amide bonds. The van der Waals surface area contributed by atoms with Gasteiger partial charge in [0, 0.05) is 0 Å². The molecule has 102 valence electrons. The maximum Gasteiger partial charge on any atom is 5.00 e. The molecular weight excluding hydrogens is 396 g/mol. The Bertz CT molecular complexity index is 283. The van der Waals surface area contributed by atoms with E-state index in [0.29, 0.717) is 0 Å². The summed E-state index contributed by atoms with van der Waals surface area (Å²) in [5.41, 5.74) is 0. The smallest absolute Gasteiger partial charge is 0.543 e. The molecule has 0 saturated carbocycles. The van der Waals surface area contributed by atoms with Crippen molar-refractivity contribution in [3.8, 4) is 0 Å². The Morgan fingerprint density at radius 1 is 0.400 bits per heavy atom. The van der Waals surface area contributed by atoms with Crippen LogP contribution in [0.3, 0.4) is 0 Å². The van der Waals surface area contributed by atoms with Crippen molar-refractivity contribution >= 4 is 35.8 Å².